The number of anilines is 1. The molecule has 0 aliphatic rings. The largest absolute Gasteiger partial charge is 0.493 e. The zero-order valence-corrected chi connectivity index (χ0v) is 20.0. The van der Waals surface area contributed by atoms with Crippen molar-refractivity contribution in [3.8, 4) is 17.2 Å². The van der Waals surface area contributed by atoms with Gasteiger partial charge in [-0.25, -0.2) is 0 Å². The van der Waals surface area contributed by atoms with Crippen molar-refractivity contribution < 1.29 is 9.15 Å². The fourth-order valence-corrected chi connectivity index (χ4v) is 3.65. The van der Waals surface area contributed by atoms with Gasteiger partial charge < -0.3 is 24.7 Å². The number of aromatic nitrogens is 2. The summed E-state index contributed by atoms with van der Waals surface area (Å²) in [6.45, 7) is 2.50. The number of rotatable bonds is 12. The zero-order valence-electron chi connectivity index (χ0n) is 18.4. The maximum atomic E-state index is 5.79. The van der Waals surface area contributed by atoms with Gasteiger partial charge in [0, 0.05) is 23.5 Å². The van der Waals surface area contributed by atoms with E-state index < -0.39 is 0 Å². The number of ether oxygens (including phenoxy) is 1. The molecule has 9 heteroatoms. The predicted octanol–water partition coefficient (Wildman–Crippen LogP) is 4.29. The summed E-state index contributed by atoms with van der Waals surface area (Å²) in [6.07, 6.45) is 1.03. The summed E-state index contributed by atoms with van der Waals surface area (Å²) in [5, 5.41) is 15.3. The lowest BCUT2D eigenvalue weighted by atomic mass is 10.2. The van der Waals surface area contributed by atoms with E-state index in [0.29, 0.717) is 29.3 Å². The number of hydrogen-bond donors (Lipinski definition) is 2. The van der Waals surface area contributed by atoms with E-state index in [-0.39, 0.29) is 0 Å². The highest BCUT2D eigenvalue weighted by Gasteiger charge is 2.09. The van der Waals surface area contributed by atoms with Gasteiger partial charge in [-0.3, -0.25) is 0 Å². The number of benzene rings is 2. The maximum absolute atomic E-state index is 5.79. The summed E-state index contributed by atoms with van der Waals surface area (Å²) in [5.74, 6) is 3.49. The van der Waals surface area contributed by atoms with Gasteiger partial charge in [0.25, 0.3) is 0 Å². The molecule has 0 saturated carbocycles. The van der Waals surface area contributed by atoms with E-state index in [1.165, 1.54) is 0 Å². The fraction of sp³-hybridized carbons (Fsp3) is 0.348. The summed E-state index contributed by atoms with van der Waals surface area (Å²) in [6, 6.07) is 17.6. The smallest absolute Gasteiger partial charge is 0.247 e. The Morgan fingerprint density at radius 2 is 1.88 bits per heavy atom. The van der Waals surface area contributed by atoms with Crippen molar-refractivity contribution in [2.45, 2.75) is 12.2 Å². The second-order valence-electron chi connectivity index (χ2n) is 7.33. The van der Waals surface area contributed by atoms with Crippen LogP contribution in [0.3, 0.4) is 0 Å². The predicted molar refractivity (Wildman–Crippen MR) is 135 cm³/mol. The van der Waals surface area contributed by atoms with Crippen LogP contribution in [0.4, 0.5) is 5.69 Å². The van der Waals surface area contributed by atoms with Gasteiger partial charge in [0.15, 0.2) is 5.11 Å². The number of thiocarbonyl (C=S) groups is 1. The van der Waals surface area contributed by atoms with E-state index in [4.69, 9.17) is 21.4 Å². The highest BCUT2D eigenvalue weighted by Crippen LogP contribution is 2.22. The van der Waals surface area contributed by atoms with E-state index in [9.17, 15) is 0 Å². The van der Waals surface area contributed by atoms with Gasteiger partial charge in [-0.1, -0.05) is 18.2 Å². The van der Waals surface area contributed by atoms with Gasteiger partial charge in [-0.2, -0.15) is 0 Å². The van der Waals surface area contributed by atoms with Gasteiger partial charge in [-0.15, -0.1) is 22.0 Å². The summed E-state index contributed by atoms with van der Waals surface area (Å²) < 4.78 is 11.5. The first-order chi connectivity index (χ1) is 15.6. The first-order valence-corrected chi connectivity index (χ1v) is 12.0. The lowest BCUT2D eigenvalue weighted by molar-refractivity contribution is 0.344. The minimum Gasteiger partial charge on any atom is -0.493 e. The molecule has 7 nitrogen and oxygen atoms in total. The zero-order chi connectivity index (χ0) is 22.6. The Kier molecular flexibility index (Phi) is 9.80. The van der Waals surface area contributed by atoms with Gasteiger partial charge in [0.05, 0.1) is 12.4 Å². The van der Waals surface area contributed by atoms with Crippen LogP contribution in [0.1, 0.15) is 12.3 Å². The molecule has 0 aliphatic heterocycles. The third-order valence-electron chi connectivity index (χ3n) is 4.39. The number of nitrogens with one attached hydrogen (secondary N) is 2. The molecule has 0 amide bonds. The van der Waals surface area contributed by atoms with Gasteiger partial charge >= 0.3 is 0 Å². The third kappa shape index (κ3) is 8.49. The van der Waals surface area contributed by atoms with Crippen molar-refractivity contribution in [2.24, 2.45) is 0 Å². The van der Waals surface area contributed by atoms with Crippen molar-refractivity contribution in [1.82, 2.24) is 20.4 Å². The van der Waals surface area contributed by atoms with Gasteiger partial charge in [0.1, 0.15) is 5.75 Å². The van der Waals surface area contributed by atoms with Crippen LogP contribution in [0.2, 0.25) is 0 Å². The van der Waals surface area contributed by atoms with Crippen LogP contribution in [-0.2, 0) is 5.75 Å². The first-order valence-electron chi connectivity index (χ1n) is 10.5. The average molecular weight is 472 g/mol. The summed E-state index contributed by atoms with van der Waals surface area (Å²) in [5.41, 5.74) is 1.78. The second kappa shape index (κ2) is 13.0. The molecule has 0 atom stereocenters. The summed E-state index contributed by atoms with van der Waals surface area (Å²) >= 11 is 7.04. The van der Waals surface area contributed by atoms with E-state index >= 15 is 0 Å². The summed E-state index contributed by atoms with van der Waals surface area (Å²) in [7, 11) is 4.12. The van der Waals surface area contributed by atoms with Crippen molar-refractivity contribution >= 4 is 34.8 Å². The standard InChI is InChI=1S/C23H29N5O2S2/c1-28(2)14-6-13-24-23(31)25-19-11-9-18(10-12-19)22-27-26-21(30-22)17-32-16-15-29-20-7-4-3-5-8-20/h3-5,7-12H,6,13-17H2,1-2H3,(H2,24,25,31). The number of nitrogens with zero attached hydrogens (tertiary/aromatic N) is 3. The molecule has 0 bridgehead atoms. The van der Waals surface area contributed by atoms with Crippen LogP contribution >= 0.6 is 24.0 Å². The Labute approximate surface area is 198 Å². The average Bonchev–Trinajstić information content (AvgIpc) is 3.26. The topological polar surface area (TPSA) is 75.5 Å². The van der Waals surface area contributed by atoms with Crippen LogP contribution in [0.5, 0.6) is 5.75 Å². The molecule has 0 aliphatic carbocycles. The van der Waals surface area contributed by atoms with Crippen molar-refractivity contribution in [3.05, 3.63) is 60.5 Å². The minimum atomic E-state index is 0.511. The molecular formula is C23H29N5O2S2. The van der Waals surface area contributed by atoms with Crippen LogP contribution in [-0.4, -0.2) is 59.8 Å². The molecular weight excluding hydrogens is 442 g/mol. The van der Waals surface area contributed by atoms with Gasteiger partial charge in [0.2, 0.25) is 11.8 Å². The van der Waals surface area contributed by atoms with Crippen LogP contribution in [0.15, 0.2) is 59.0 Å². The Bertz CT molecular complexity index is 949. The van der Waals surface area contributed by atoms with E-state index in [2.05, 4.69) is 39.8 Å². The maximum Gasteiger partial charge on any atom is 0.247 e. The molecule has 0 saturated heterocycles. The third-order valence-corrected chi connectivity index (χ3v) is 5.54. The van der Waals surface area contributed by atoms with E-state index in [0.717, 1.165) is 42.3 Å². The monoisotopic (exact) mass is 471 g/mol. The summed E-state index contributed by atoms with van der Waals surface area (Å²) in [4.78, 5) is 2.15. The Morgan fingerprint density at radius 3 is 2.62 bits per heavy atom. The SMILES string of the molecule is CN(C)CCCNC(=S)Nc1ccc(-c2nnc(CSCCOc3ccccc3)o2)cc1. The molecule has 0 fully saturated rings. The molecule has 2 aromatic carbocycles. The normalized spacial score (nSPS) is 10.8. The Morgan fingerprint density at radius 1 is 1.09 bits per heavy atom. The quantitative estimate of drug-likeness (QED) is 0.297. The Hall–Kier alpha value is -2.62. The molecule has 3 rings (SSSR count). The van der Waals surface area contributed by atoms with Crippen molar-refractivity contribution in [1.29, 1.82) is 0 Å². The lowest BCUT2D eigenvalue weighted by Crippen LogP contribution is -2.30. The molecule has 170 valence electrons. The van der Waals surface area contributed by atoms with Crippen molar-refractivity contribution in [2.75, 3.05) is 44.9 Å². The molecule has 3 aromatic rings. The highest BCUT2D eigenvalue weighted by molar-refractivity contribution is 7.98. The minimum absolute atomic E-state index is 0.511. The molecule has 1 heterocycles. The van der Waals surface area contributed by atoms with Gasteiger partial charge in [-0.05, 0) is 75.7 Å². The number of hydrogen-bond acceptors (Lipinski definition) is 7. The fourth-order valence-electron chi connectivity index (χ4n) is 2.79. The lowest BCUT2D eigenvalue weighted by Gasteiger charge is -2.12. The highest BCUT2D eigenvalue weighted by atomic mass is 32.2. The molecule has 0 radical (unpaired) electrons. The molecule has 0 unspecified atom stereocenters. The van der Waals surface area contributed by atoms with E-state index in [1.54, 1.807) is 11.8 Å². The van der Waals surface area contributed by atoms with Crippen LogP contribution < -0.4 is 15.4 Å². The van der Waals surface area contributed by atoms with Crippen LogP contribution in [0, 0.1) is 0 Å². The molecule has 0 spiro atoms. The molecule has 2 N–H and O–H groups in total. The van der Waals surface area contributed by atoms with E-state index in [1.807, 2.05) is 54.6 Å². The Balaban J connectivity index is 1.38. The van der Waals surface area contributed by atoms with Crippen LogP contribution in [0.25, 0.3) is 11.5 Å². The molecule has 32 heavy (non-hydrogen) atoms. The number of thioether (sulfide) groups is 1. The number of para-hydroxylation sites is 1. The molecule has 1 aromatic heterocycles. The van der Waals surface area contributed by atoms with Crippen molar-refractivity contribution in [3.63, 3.8) is 0 Å². The second-order valence-corrected chi connectivity index (χ2v) is 8.84. The first kappa shape index (κ1) is 24.0.